The number of amides is 1. The van der Waals surface area contributed by atoms with Gasteiger partial charge in [-0.25, -0.2) is 13.4 Å². The first-order valence-corrected chi connectivity index (χ1v) is 13.8. The van der Waals surface area contributed by atoms with Gasteiger partial charge in [-0.15, -0.1) is 0 Å². The highest BCUT2D eigenvalue weighted by molar-refractivity contribution is 7.89. The predicted molar refractivity (Wildman–Crippen MR) is 140 cm³/mol. The van der Waals surface area contributed by atoms with E-state index in [1.807, 2.05) is 60.7 Å². The lowest BCUT2D eigenvalue weighted by Gasteiger charge is -2.23. The van der Waals surface area contributed by atoms with Crippen molar-refractivity contribution in [2.45, 2.75) is 23.8 Å². The van der Waals surface area contributed by atoms with Gasteiger partial charge in [0.05, 0.1) is 15.5 Å². The zero-order valence-electron chi connectivity index (χ0n) is 18.6. The van der Waals surface area contributed by atoms with E-state index in [9.17, 15) is 13.2 Å². The molecule has 0 bridgehead atoms. The van der Waals surface area contributed by atoms with Gasteiger partial charge in [0.15, 0.2) is 5.13 Å². The largest absolute Gasteiger partial charge is 0.301 e. The van der Waals surface area contributed by atoms with Crippen LogP contribution in [0.1, 0.15) is 12.8 Å². The van der Waals surface area contributed by atoms with Gasteiger partial charge in [-0.3, -0.25) is 4.79 Å². The lowest BCUT2D eigenvalue weighted by atomic mass is 10.1. The minimum atomic E-state index is -3.83. The summed E-state index contributed by atoms with van der Waals surface area (Å²) in [6, 6.07) is 24.8. The van der Waals surface area contributed by atoms with E-state index in [0.717, 1.165) is 21.7 Å². The number of benzene rings is 3. The lowest BCUT2D eigenvalue weighted by molar-refractivity contribution is -0.119. The number of carbonyl (C=O) groups excluding carboxylic acids is 1. The van der Waals surface area contributed by atoms with Crippen LogP contribution in [0.5, 0.6) is 0 Å². The second kappa shape index (κ2) is 9.91. The molecule has 1 N–H and O–H groups in total. The summed E-state index contributed by atoms with van der Waals surface area (Å²) in [5.41, 5.74) is 2.71. The number of aromatic nitrogens is 1. The van der Waals surface area contributed by atoms with Gasteiger partial charge >= 0.3 is 0 Å². The molecule has 1 unspecified atom stereocenters. The number of anilines is 1. The zero-order chi connectivity index (χ0) is 24.4. The van der Waals surface area contributed by atoms with Crippen LogP contribution in [0.25, 0.3) is 21.7 Å². The smallest absolute Gasteiger partial charge is 0.244 e. The van der Waals surface area contributed by atoms with E-state index in [2.05, 4.69) is 5.32 Å². The number of thiazole rings is 1. The minimum Gasteiger partial charge on any atom is -0.301 e. The number of hydrogen-bond donors (Lipinski definition) is 1. The van der Waals surface area contributed by atoms with E-state index in [0.29, 0.717) is 23.0 Å². The second-order valence-corrected chi connectivity index (χ2v) is 11.5. The molecule has 1 aliphatic heterocycles. The first-order chi connectivity index (χ1) is 16.9. The van der Waals surface area contributed by atoms with Crippen molar-refractivity contribution in [2.24, 2.45) is 0 Å². The molecule has 9 heteroatoms. The Hall–Kier alpha value is -3.04. The van der Waals surface area contributed by atoms with Crippen molar-refractivity contribution in [3.8, 4) is 21.7 Å². The van der Waals surface area contributed by atoms with Crippen molar-refractivity contribution in [1.82, 2.24) is 9.29 Å². The van der Waals surface area contributed by atoms with Crippen LogP contribution in [0.2, 0.25) is 5.02 Å². The van der Waals surface area contributed by atoms with Crippen LogP contribution in [-0.4, -0.2) is 36.2 Å². The van der Waals surface area contributed by atoms with Gasteiger partial charge in [-0.1, -0.05) is 83.6 Å². The second-order valence-electron chi connectivity index (χ2n) is 8.15. The molecule has 1 amide bonds. The van der Waals surface area contributed by atoms with Gasteiger partial charge in [0.25, 0.3) is 0 Å². The number of nitrogens with one attached hydrogen (secondary N) is 1. The molecule has 0 aliphatic carbocycles. The molecule has 35 heavy (non-hydrogen) atoms. The van der Waals surface area contributed by atoms with E-state index >= 15 is 0 Å². The van der Waals surface area contributed by atoms with Gasteiger partial charge in [0.2, 0.25) is 15.9 Å². The lowest BCUT2D eigenvalue weighted by Crippen LogP contribution is -2.43. The molecule has 0 radical (unpaired) electrons. The fourth-order valence-electron chi connectivity index (χ4n) is 4.17. The van der Waals surface area contributed by atoms with Crippen molar-refractivity contribution >= 4 is 44.0 Å². The Morgan fingerprint density at radius 2 is 1.57 bits per heavy atom. The fourth-order valence-corrected chi connectivity index (χ4v) is 6.95. The van der Waals surface area contributed by atoms with Crippen LogP contribution >= 0.6 is 22.9 Å². The molecule has 1 fully saturated rings. The number of halogens is 1. The highest BCUT2D eigenvalue weighted by Crippen LogP contribution is 2.39. The SMILES string of the molecule is O=C(Nc1nc(-c2ccccc2)c(-c2ccccc2)s1)C1CCCN1S(=O)(=O)c1ccc(Cl)cc1. The number of rotatable bonds is 6. The van der Waals surface area contributed by atoms with Gasteiger partial charge in [-0.05, 0) is 42.7 Å². The Labute approximate surface area is 213 Å². The molecule has 1 aromatic heterocycles. The van der Waals surface area contributed by atoms with Crippen molar-refractivity contribution in [1.29, 1.82) is 0 Å². The molecule has 1 aliphatic rings. The van der Waals surface area contributed by atoms with Crippen molar-refractivity contribution in [2.75, 3.05) is 11.9 Å². The summed E-state index contributed by atoms with van der Waals surface area (Å²) in [7, 11) is -3.83. The quantitative estimate of drug-likeness (QED) is 0.340. The molecule has 178 valence electrons. The van der Waals surface area contributed by atoms with Crippen LogP contribution in [0.15, 0.2) is 89.8 Å². The Balaban J connectivity index is 1.43. The Morgan fingerprint density at radius 3 is 2.23 bits per heavy atom. The predicted octanol–water partition coefficient (Wildman–Crippen LogP) is 5.92. The van der Waals surface area contributed by atoms with E-state index < -0.39 is 16.1 Å². The molecule has 3 aromatic carbocycles. The van der Waals surface area contributed by atoms with Crippen LogP contribution in [0.4, 0.5) is 5.13 Å². The molecule has 1 atom stereocenters. The number of hydrogen-bond acceptors (Lipinski definition) is 5. The van der Waals surface area contributed by atoms with Gasteiger partial charge in [0, 0.05) is 17.1 Å². The standard InChI is InChI=1S/C26H22ClN3O3S2/c27-20-13-15-21(16-14-20)35(32,33)30-17-7-12-22(30)25(31)29-26-28-23(18-8-3-1-4-9-18)24(34-26)19-10-5-2-6-11-19/h1-6,8-11,13-16,22H,7,12,17H2,(H,28,29,31). The summed E-state index contributed by atoms with van der Waals surface area (Å²) in [4.78, 5) is 19.1. The first kappa shape index (κ1) is 23.7. The minimum absolute atomic E-state index is 0.119. The Kier molecular flexibility index (Phi) is 6.71. The third-order valence-corrected chi connectivity index (χ3v) is 9.06. The van der Waals surface area contributed by atoms with Crippen molar-refractivity contribution < 1.29 is 13.2 Å². The van der Waals surface area contributed by atoms with E-state index in [1.54, 1.807) is 0 Å². The summed E-state index contributed by atoms with van der Waals surface area (Å²) in [6.07, 6.45) is 1.05. The topological polar surface area (TPSA) is 79.4 Å². The van der Waals surface area contributed by atoms with Gasteiger partial charge in [0.1, 0.15) is 6.04 Å². The van der Waals surface area contributed by atoms with Gasteiger partial charge < -0.3 is 5.32 Å². The van der Waals surface area contributed by atoms with E-state index in [4.69, 9.17) is 16.6 Å². The van der Waals surface area contributed by atoms with Gasteiger partial charge in [-0.2, -0.15) is 4.31 Å². The van der Waals surface area contributed by atoms with Crippen LogP contribution in [0, 0.1) is 0 Å². The highest BCUT2D eigenvalue weighted by atomic mass is 35.5. The summed E-state index contributed by atoms with van der Waals surface area (Å²) in [5, 5.41) is 3.77. The Bertz CT molecular complexity index is 1380. The van der Waals surface area contributed by atoms with Crippen LogP contribution in [0.3, 0.4) is 0 Å². The molecule has 5 rings (SSSR count). The molecule has 6 nitrogen and oxygen atoms in total. The molecule has 2 heterocycles. The van der Waals surface area contributed by atoms with E-state index in [-0.39, 0.29) is 17.3 Å². The number of nitrogens with zero attached hydrogens (tertiary/aromatic N) is 2. The van der Waals surface area contributed by atoms with Crippen molar-refractivity contribution in [3.05, 3.63) is 90.0 Å². The molecule has 1 saturated heterocycles. The monoisotopic (exact) mass is 523 g/mol. The van der Waals surface area contributed by atoms with Crippen molar-refractivity contribution in [3.63, 3.8) is 0 Å². The fraction of sp³-hybridized carbons (Fsp3) is 0.154. The first-order valence-electron chi connectivity index (χ1n) is 11.1. The zero-order valence-corrected chi connectivity index (χ0v) is 21.0. The number of sulfonamides is 1. The average Bonchev–Trinajstić information content (AvgIpc) is 3.54. The summed E-state index contributed by atoms with van der Waals surface area (Å²) in [5.74, 6) is -0.381. The number of carbonyl (C=O) groups is 1. The Morgan fingerprint density at radius 1 is 0.943 bits per heavy atom. The maximum absolute atomic E-state index is 13.3. The average molecular weight is 524 g/mol. The molecular formula is C26H22ClN3O3S2. The summed E-state index contributed by atoms with van der Waals surface area (Å²) in [6.45, 7) is 0.283. The third-order valence-electron chi connectivity index (χ3n) is 5.87. The summed E-state index contributed by atoms with van der Waals surface area (Å²) >= 11 is 7.29. The third kappa shape index (κ3) is 4.88. The summed E-state index contributed by atoms with van der Waals surface area (Å²) < 4.78 is 27.7. The molecule has 4 aromatic rings. The van der Waals surface area contributed by atoms with Crippen LogP contribution in [-0.2, 0) is 14.8 Å². The molecule has 0 spiro atoms. The molecular weight excluding hydrogens is 502 g/mol. The maximum Gasteiger partial charge on any atom is 0.244 e. The normalized spacial score (nSPS) is 16.3. The van der Waals surface area contributed by atoms with Crippen LogP contribution < -0.4 is 5.32 Å². The molecule has 0 saturated carbocycles. The maximum atomic E-state index is 13.3. The highest BCUT2D eigenvalue weighted by Gasteiger charge is 2.39. The van der Waals surface area contributed by atoms with E-state index in [1.165, 1.54) is 39.9 Å².